The van der Waals surface area contributed by atoms with E-state index in [4.69, 9.17) is 0 Å². The monoisotopic (exact) mass is 380 g/mol. The molecule has 2 N–H and O–H groups in total. The van der Waals surface area contributed by atoms with Gasteiger partial charge in [-0.25, -0.2) is 4.39 Å². The van der Waals surface area contributed by atoms with E-state index in [1.54, 1.807) is 18.2 Å². The Bertz CT molecular complexity index is 1150. The van der Waals surface area contributed by atoms with Gasteiger partial charge in [0.25, 0.3) is 5.91 Å². The minimum Gasteiger partial charge on any atom is -0.295 e. The zero-order chi connectivity index (χ0) is 19.4. The summed E-state index contributed by atoms with van der Waals surface area (Å²) in [6.07, 6.45) is 1.41. The van der Waals surface area contributed by atoms with Crippen molar-refractivity contribution in [3.8, 4) is 0 Å². The number of imide groups is 1. The van der Waals surface area contributed by atoms with E-state index in [2.05, 4.69) is 25.7 Å². The first-order valence-corrected chi connectivity index (χ1v) is 8.65. The predicted molar refractivity (Wildman–Crippen MR) is 94.1 cm³/mol. The molecule has 1 saturated heterocycles. The van der Waals surface area contributed by atoms with Gasteiger partial charge in [0.15, 0.2) is 6.17 Å². The Morgan fingerprint density at radius 3 is 2.82 bits per heavy atom. The van der Waals surface area contributed by atoms with Crippen LogP contribution in [0.1, 0.15) is 40.8 Å². The van der Waals surface area contributed by atoms with E-state index in [1.807, 2.05) is 0 Å². The Morgan fingerprint density at radius 2 is 2.07 bits per heavy atom. The lowest BCUT2D eigenvalue weighted by Gasteiger charge is -2.30. The predicted octanol–water partition coefficient (Wildman–Crippen LogP) is 1.18. The maximum absolute atomic E-state index is 15.0. The molecule has 1 aromatic carbocycles. The Morgan fingerprint density at radius 1 is 1.21 bits per heavy atom. The second-order valence-corrected chi connectivity index (χ2v) is 6.66. The fourth-order valence-electron chi connectivity index (χ4n) is 3.82. The van der Waals surface area contributed by atoms with Crippen molar-refractivity contribution in [2.45, 2.75) is 25.1 Å². The molecule has 0 aliphatic carbocycles. The van der Waals surface area contributed by atoms with E-state index >= 15 is 0 Å². The first-order valence-electron chi connectivity index (χ1n) is 8.65. The highest BCUT2D eigenvalue weighted by Crippen LogP contribution is 2.42. The largest absolute Gasteiger partial charge is 0.295 e. The van der Waals surface area contributed by atoms with E-state index < -0.39 is 18.1 Å². The van der Waals surface area contributed by atoms with Crippen molar-refractivity contribution < 1.29 is 18.8 Å². The third-order valence-corrected chi connectivity index (χ3v) is 5.09. The molecule has 2 aromatic heterocycles. The molecule has 10 heteroatoms. The first kappa shape index (κ1) is 16.5. The number of benzene rings is 1. The molecule has 2 aliphatic heterocycles. The molecule has 28 heavy (non-hydrogen) atoms. The Hall–Kier alpha value is -3.69. The highest BCUT2D eigenvalue weighted by molar-refractivity contribution is 6.27. The summed E-state index contributed by atoms with van der Waals surface area (Å²) < 4.78 is 15.0. The molecule has 0 radical (unpaired) electrons. The van der Waals surface area contributed by atoms with Crippen LogP contribution in [0.3, 0.4) is 0 Å². The number of aromatic amines is 1. The van der Waals surface area contributed by atoms with Gasteiger partial charge in [-0.2, -0.15) is 15.4 Å². The number of amides is 3. The highest BCUT2D eigenvalue weighted by Gasteiger charge is 2.41. The summed E-state index contributed by atoms with van der Waals surface area (Å²) in [6.45, 7) is 0. The van der Waals surface area contributed by atoms with Gasteiger partial charge in [-0.15, -0.1) is 0 Å². The smallest absolute Gasteiger partial charge is 0.259 e. The van der Waals surface area contributed by atoms with Crippen molar-refractivity contribution in [1.29, 1.82) is 0 Å². The second kappa shape index (κ2) is 5.91. The number of piperidine rings is 1. The van der Waals surface area contributed by atoms with Crippen molar-refractivity contribution in [3.63, 3.8) is 0 Å². The average Bonchev–Trinajstić information content (AvgIpc) is 3.31. The molecule has 2 atom stereocenters. The van der Waals surface area contributed by atoms with Crippen molar-refractivity contribution >= 4 is 34.2 Å². The van der Waals surface area contributed by atoms with Gasteiger partial charge in [-0.3, -0.25) is 29.6 Å². The first-order chi connectivity index (χ1) is 13.6. The van der Waals surface area contributed by atoms with Gasteiger partial charge < -0.3 is 0 Å². The molecule has 2 aliphatic rings. The van der Waals surface area contributed by atoms with Crippen LogP contribution in [0.5, 0.6) is 0 Å². The molecule has 0 spiro atoms. The molecule has 3 aromatic rings. The lowest BCUT2D eigenvalue weighted by atomic mass is 10.0. The van der Waals surface area contributed by atoms with Crippen LogP contribution in [0, 0.1) is 0 Å². The summed E-state index contributed by atoms with van der Waals surface area (Å²) in [4.78, 5) is 42.4. The molecular weight excluding hydrogens is 367 g/mol. The van der Waals surface area contributed by atoms with Crippen LogP contribution in [-0.4, -0.2) is 44.2 Å². The van der Waals surface area contributed by atoms with E-state index in [1.165, 1.54) is 17.3 Å². The quantitative estimate of drug-likeness (QED) is 0.658. The zero-order valence-corrected chi connectivity index (χ0v) is 14.3. The maximum atomic E-state index is 15.0. The van der Waals surface area contributed by atoms with Crippen molar-refractivity contribution in [1.82, 2.24) is 25.7 Å². The molecule has 9 nitrogen and oxygen atoms in total. The van der Waals surface area contributed by atoms with Crippen molar-refractivity contribution in [2.75, 3.05) is 4.90 Å². The fourth-order valence-corrected chi connectivity index (χ4v) is 3.82. The number of carbonyl (C=O) groups excluding carboxylic acids is 3. The lowest BCUT2D eigenvalue weighted by molar-refractivity contribution is -0.134. The van der Waals surface area contributed by atoms with Crippen LogP contribution in [0.2, 0.25) is 0 Å². The molecule has 5 rings (SSSR count). The van der Waals surface area contributed by atoms with Crippen molar-refractivity contribution in [2.24, 2.45) is 0 Å². The minimum atomic E-state index is -1.62. The van der Waals surface area contributed by atoms with E-state index in [-0.39, 0.29) is 36.0 Å². The molecule has 2 unspecified atom stereocenters. The van der Waals surface area contributed by atoms with E-state index in [9.17, 15) is 18.8 Å². The number of nitrogens with one attached hydrogen (secondary N) is 2. The second-order valence-electron chi connectivity index (χ2n) is 6.66. The standard InChI is InChI=1S/C18H13FN6O3/c19-15(10-6-21-24-23-10)16-8-2-1-3-9-14(8)12(7-20-16)25(18(9)28)11-4-5-13(26)22-17(11)27/h1-3,6-7,11,15H,4-5H2,(H,21,23,24)(H,22,26,27). The summed E-state index contributed by atoms with van der Waals surface area (Å²) in [6, 6.07) is 4.14. The zero-order valence-electron chi connectivity index (χ0n) is 14.3. The molecule has 1 fully saturated rings. The summed E-state index contributed by atoms with van der Waals surface area (Å²) in [7, 11) is 0. The van der Waals surface area contributed by atoms with Crippen molar-refractivity contribution in [3.05, 3.63) is 47.5 Å². The van der Waals surface area contributed by atoms with Gasteiger partial charge in [0.1, 0.15) is 11.7 Å². The lowest BCUT2D eigenvalue weighted by Crippen LogP contribution is -2.53. The van der Waals surface area contributed by atoms with Crippen LogP contribution >= 0.6 is 0 Å². The Kier molecular flexibility index (Phi) is 3.48. The summed E-state index contributed by atoms with van der Waals surface area (Å²) in [5.74, 6) is -1.26. The third kappa shape index (κ3) is 2.24. The van der Waals surface area contributed by atoms with Crippen LogP contribution in [0.4, 0.5) is 10.1 Å². The number of pyridine rings is 1. The van der Waals surface area contributed by atoms with Gasteiger partial charge >= 0.3 is 0 Å². The Labute approximate surface area is 156 Å². The maximum Gasteiger partial charge on any atom is 0.259 e. The normalized spacial score (nSPS) is 20.0. The van der Waals surface area contributed by atoms with Crippen LogP contribution in [0.15, 0.2) is 30.6 Å². The van der Waals surface area contributed by atoms with Gasteiger partial charge in [-0.1, -0.05) is 12.1 Å². The van der Waals surface area contributed by atoms with Gasteiger partial charge in [0, 0.05) is 22.8 Å². The van der Waals surface area contributed by atoms with Crippen LogP contribution in [-0.2, 0) is 9.59 Å². The van der Waals surface area contributed by atoms with Crippen LogP contribution < -0.4 is 10.2 Å². The number of halogens is 1. The number of carbonyl (C=O) groups is 3. The third-order valence-electron chi connectivity index (χ3n) is 5.09. The summed E-state index contributed by atoms with van der Waals surface area (Å²) in [5, 5.41) is 13.0. The average molecular weight is 380 g/mol. The molecule has 0 saturated carbocycles. The highest BCUT2D eigenvalue weighted by atomic mass is 19.1. The van der Waals surface area contributed by atoms with Gasteiger partial charge in [-0.05, 0) is 12.5 Å². The number of H-pyrrole nitrogens is 1. The molecule has 4 heterocycles. The number of hydrogen-bond donors (Lipinski definition) is 2. The van der Waals surface area contributed by atoms with Gasteiger partial charge in [0.05, 0.1) is 23.8 Å². The number of hydrogen-bond acceptors (Lipinski definition) is 6. The summed E-state index contributed by atoms with van der Waals surface area (Å²) in [5.41, 5.74) is 1.00. The minimum absolute atomic E-state index is 0.0829. The van der Waals surface area contributed by atoms with E-state index in [0.717, 1.165) is 0 Å². The number of alkyl halides is 1. The number of anilines is 1. The summed E-state index contributed by atoms with van der Waals surface area (Å²) >= 11 is 0. The number of rotatable bonds is 3. The Balaban J connectivity index is 1.65. The number of aromatic nitrogens is 4. The fraction of sp³-hybridized carbons (Fsp3) is 0.222. The van der Waals surface area contributed by atoms with E-state index in [0.29, 0.717) is 22.0 Å². The molecule has 3 amide bonds. The van der Waals surface area contributed by atoms with Gasteiger partial charge in [0.2, 0.25) is 11.8 Å². The number of nitrogens with zero attached hydrogens (tertiary/aromatic N) is 4. The topological polar surface area (TPSA) is 121 Å². The molecule has 0 bridgehead atoms. The van der Waals surface area contributed by atoms with Crippen LogP contribution in [0.25, 0.3) is 10.8 Å². The molecule has 140 valence electrons. The SMILES string of the molecule is O=C1CCC(N2C(=O)c3cccc4c(C(F)c5cn[nH]n5)ncc2c34)C(=O)N1. The molecular formula is C18H13FN6O3.